The van der Waals surface area contributed by atoms with Gasteiger partial charge in [0.25, 0.3) is 5.91 Å². The van der Waals surface area contributed by atoms with E-state index in [1.54, 1.807) is 12.1 Å². The zero-order valence-electron chi connectivity index (χ0n) is 11.7. The van der Waals surface area contributed by atoms with Crippen LogP contribution in [-0.2, 0) is 0 Å². The Morgan fingerprint density at radius 2 is 2.16 bits per heavy atom. The van der Waals surface area contributed by atoms with E-state index < -0.39 is 0 Å². The number of benzene rings is 1. The highest BCUT2D eigenvalue weighted by molar-refractivity contribution is 5.94. The minimum absolute atomic E-state index is 0.0772. The predicted octanol–water partition coefficient (Wildman–Crippen LogP) is 0.630. The van der Waals surface area contributed by atoms with Crippen molar-refractivity contribution in [3.8, 4) is 11.8 Å². The van der Waals surface area contributed by atoms with Crippen LogP contribution in [0.2, 0.25) is 0 Å². The molecule has 0 aliphatic heterocycles. The van der Waals surface area contributed by atoms with Crippen LogP contribution in [-0.4, -0.2) is 49.7 Å². The van der Waals surface area contributed by atoms with Gasteiger partial charge >= 0.3 is 0 Å². The molecule has 0 spiro atoms. The first-order valence-electron chi connectivity index (χ1n) is 6.18. The summed E-state index contributed by atoms with van der Waals surface area (Å²) in [5.74, 6) is 5.37. The third kappa shape index (κ3) is 5.12. The van der Waals surface area contributed by atoms with Gasteiger partial charge in [-0.15, -0.1) is 0 Å². The average molecular weight is 260 g/mol. The Morgan fingerprint density at radius 1 is 1.42 bits per heavy atom. The fourth-order valence-corrected chi connectivity index (χ4v) is 1.58. The molecule has 0 unspecified atom stereocenters. The summed E-state index contributed by atoms with van der Waals surface area (Å²) in [5, 5.41) is 11.5. The van der Waals surface area contributed by atoms with Gasteiger partial charge in [-0.2, -0.15) is 0 Å². The topological polar surface area (TPSA) is 52.6 Å². The van der Waals surface area contributed by atoms with E-state index in [0.29, 0.717) is 12.1 Å². The van der Waals surface area contributed by atoms with Crippen molar-refractivity contribution in [1.29, 1.82) is 0 Å². The van der Waals surface area contributed by atoms with Crippen molar-refractivity contribution < 1.29 is 9.90 Å². The van der Waals surface area contributed by atoms with Gasteiger partial charge in [0, 0.05) is 24.2 Å². The predicted molar refractivity (Wildman–Crippen MR) is 76.0 cm³/mol. The summed E-state index contributed by atoms with van der Waals surface area (Å²) in [7, 11) is 3.93. The zero-order valence-corrected chi connectivity index (χ0v) is 11.7. The first-order valence-corrected chi connectivity index (χ1v) is 6.18. The van der Waals surface area contributed by atoms with Crippen molar-refractivity contribution in [3.05, 3.63) is 34.9 Å². The molecule has 0 bridgehead atoms. The number of aliphatic hydroxyl groups is 1. The van der Waals surface area contributed by atoms with E-state index in [9.17, 15) is 4.79 Å². The molecule has 1 rings (SSSR count). The number of carbonyl (C=O) groups is 1. The van der Waals surface area contributed by atoms with Crippen LogP contribution < -0.4 is 5.32 Å². The van der Waals surface area contributed by atoms with Gasteiger partial charge in [0.05, 0.1) is 0 Å². The monoisotopic (exact) mass is 260 g/mol. The van der Waals surface area contributed by atoms with Crippen molar-refractivity contribution in [2.24, 2.45) is 0 Å². The van der Waals surface area contributed by atoms with Crippen molar-refractivity contribution in [3.63, 3.8) is 0 Å². The molecule has 0 radical (unpaired) electrons. The third-order valence-electron chi connectivity index (χ3n) is 2.64. The Hall–Kier alpha value is -1.83. The summed E-state index contributed by atoms with van der Waals surface area (Å²) in [5.41, 5.74) is 2.39. The van der Waals surface area contributed by atoms with Crippen LogP contribution in [0.15, 0.2) is 18.2 Å². The van der Waals surface area contributed by atoms with Crippen LogP contribution in [0.5, 0.6) is 0 Å². The number of aliphatic hydroxyl groups excluding tert-OH is 1. The molecule has 0 atom stereocenters. The highest BCUT2D eigenvalue weighted by Crippen LogP contribution is 2.10. The maximum Gasteiger partial charge on any atom is 0.251 e. The van der Waals surface area contributed by atoms with Crippen LogP contribution in [0.25, 0.3) is 0 Å². The summed E-state index contributed by atoms with van der Waals surface area (Å²) in [6.07, 6.45) is 0. The molecule has 0 fully saturated rings. The molecule has 0 saturated heterocycles. The Morgan fingerprint density at radius 3 is 2.74 bits per heavy atom. The van der Waals surface area contributed by atoms with Crippen LogP contribution >= 0.6 is 0 Å². The van der Waals surface area contributed by atoms with Crippen LogP contribution in [0, 0.1) is 18.8 Å². The second kappa shape index (κ2) is 7.57. The van der Waals surface area contributed by atoms with Crippen molar-refractivity contribution in [2.75, 3.05) is 33.8 Å². The smallest absolute Gasteiger partial charge is 0.251 e. The molecule has 4 nitrogen and oxygen atoms in total. The number of carbonyl (C=O) groups excluding carboxylic acids is 1. The number of nitrogens with one attached hydrogen (secondary N) is 1. The summed E-state index contributed by atoms with van der Waals surface area (Å²) < 4.78 is 0. The summed E-state index contributed by atoms with van der Waals surface area (Å²) in [4.78, 5) is 13.9. The lowest BCUT2D eigenvalue weighted by Crippen LogP contribution is -2.31. The normalized spacial score (nSPS) is 9.95. The van der Waals surface area contributed by atoms with Gasteiger partial charge in [-0.05, 0) is 44.8 Å². The number of hydrogen-bond donors (Lipinski definition) is 2. The van der Waals surface area contributed by atoms with Gasteiger partial charge in [-0.1, -0.05) is 11.8 Å². The minimum atomic E-state index is -0.161. The third-order valence-corrected chi connectivity index (χ3v) is 2.64. The Balaban J connectivity index is 2.69. The SMILES string of the molecule is Cc1cc(C(=O)NCCN(C)C)ccc1C#CCO. The highest BCUT2D eigenvalue weighted by atomic mass is 16.2. The van der Waals surface area contributed by atoms with Crippen LogP contribution in [0.1, 0.15) is 21.5 Å². The molecule has 0 aromatic heterocycles. The fraction of sp³-hybridized carbons (Fsp3) is 0.400. The largest absolute Gasteiger partial charge is 0.384 e. The molecule has 0 saturated carbocycles. The number of aryl methyl sites for hydroxylation is 1. The van der Waals surface area contributed by atoms with E-state index in [1.807, 2.05) is 32.0 Å². The second-order valence-electron chi connectivity index (χ2n) is 4.55. The summed E-state index contributed by atoms with van der Waals surface area (Å²) in [6, 6.07) is 5.37. The van der Waals surface area contributed by atoms with Crippen molar-refractivity contribution in [2.45, 2.75) is 6.92 Å². The van der Waals surface area contributed by atoms with Gasteiger partial charge < -0.3 is 15.3 Å². The standard InChI is InChI=1S/C15H20N2O2/c1-12-11-14(7-6-13(12)5-4-10-18)15(19)16-8-9-17(2)3/h6-7,11,18H,8-10H2,1-3H3,(H,16,19). The van der Waals surface area contributed by atoms with Crippen LogP contribution in [0.3, 0.4) is 0 Å². The molecular formula is C15H20N2O2. The van der Waals surface area contributed by atoms with Gasteiger partial charge in [-0.3, -0.25) is 4.79 Å². The second-order valence-corrected chi connectivity index (χ2v) is 4.55. The molecule has 1 amide bonds. The summed E-state index contributed by atoms with van der Waals surface area (Å²) in [6.45, 7) is 3.17. The van der Waals surface area contributed by atoms with Crippen molar-refractivity contribution >= 4 is 5.91 Å². The molecule has 19 heavy (non-hydrogen) atoms. The molecule has 0 heterocycles. The molecule has 0 aliphatic rings. The Kier molecular flexibility index (Phi) is 6.07. The molecule has 1 aromatic carbocycles. The van der Waals surface area contributed by atoms with Gasteiger partial charge in [0.2, 0.25) is 0 Å². The number of likely N-dealkylation sites (N-methyl/N-ethyl adjacent to an activating group) is 1. The number of hydrogen-bond acceptors (Lipinski definition) is 3. The first kappa shape index (κ1) is 15.2. The van der Waals surface area contributed by atoms with E-state index in [0.717, 1.165) is 17.7 Å². The van der Waals surface area contributed by atoms with Crippen molar-refractivity contribution in [1.82, 2.24) is 10.2 Å². The quantitative estimate of drug-likeness (QED) is 0.781. The minimum Gasteiger partial charge on any atom is -0.384 e. The van der Waals surface area contributed by atoms with E-state index in [2.05, 4.69) is 17.2 Å². The van der Waals surface area contributed by atoms with Crippen LogP contribution in [0.4, 0.5) is 0 Å². The number of nitrogens with zero attached hydrogens (tertiary/aromatic N) is 1. The molecule has 102 valence electrons. The molecule has 4 heteroatoms. The maximum atomic E-state index is 11.9. The zero-order chi connectivity index (χ0) is 14.3. The fourth-order valence-electron chi connectivity index (χ4n) is 1.58. The lowest BCUT2D eigenvalue weighted by atomic mass is 10.0. The Labute approximate surface area is 114 Å². The summed E-state index contributed by atoms with van der Waals surface area (Å²) >= 11 is 0. The maximum absolute atomic E-state index is 11.9. The number of rotatable bonds is 4. The lowest BCUT2D eigenvalue weighted by Gasteiger charge is -2.10. The average Bonchev–Trinajstić information content (AvgIpc) is 2.36. The Bertz CT molecular complexity index is 499. The number of amides is 1. The molecule has 1 aromatic rings. The van der Waals surface area contributed by atoms with E-state index in [4.69, 9.17) is 5.11 Å². The first-order chi connectivity index (χ1) is 9.04. The van der Waals surface area contributed by atoms with Gasteiger partial charge in [0.1, 0.15) is 6.61 Å². The molecule has 0 aliphatic carbocycles. The van der Waals surface area contributed by atoms with Gasteiger partial charge in [0.15, 0.2) is 0 Å². The van der Waals surface area contributed by atoms with E-state index in [1.165, 1.54) is 0 Å². The molecule has 2 N–H and O–H groups in total. The van der Waals surface area contributed by atoms with E-state index in [-0.39, 0.29) is 12.5 Å². The highest BCUT2D eigenvalue weighted by Gasteiger charge is 2.06. The van der Waals surface area contributed by atoms with E-state index >= 15 is 0 Å². The lowest BCUT2D eigenvalue weighted by molar-refractivity contribution is 0.0951. The molecular weight excluding hydrogens is 240 g/mol. The van der Waals surface area contributed by atoms with Gasteiger partial charge in [-0.25, -0.2) is 0 Å².